The molecule has 0 aliphatic carbocycles. The molecule has 0 saturated carbocycles. The average Bonchev–Trinajstić information content (AvgIpc) is 2.76. The predicted octanol–water partition coefficient (Wildman–Crippen LogP) is 2.54. The zero-order chi connectivity index (χ0) is 13.9. The molecule has 1 aromatic carbocycles. The van der Waals surface area contributed by atoms with Gasteiger partial charge in [-0.05, 0) is 20.9 Å². The lowest BCUT2D eigenvalue weighted by Gasteiger charge is -2.24. The second kappa shape index (κ2) is 5.55. The zero-order valence-corrected chi connectivity index (χ0v) is 11.6. The molecule has 0 bridgehead atoms. The van der Waals surface area contributed by atoms with E-state index in [2.05, 4.69) is 5.16 Å². The van der Waals surface area contributed by atoms with Gasteiger partial charge in [-0.2, -0.15) is 0 Å². The van der Waals surface area contributed by atoms with E-state index in [1.165, 1.54) is 0 Å². The summed E-state index contributed by atoms with van der Waals surface area (Å²) < 4.78 is 5.34. The molecule has 0 atom stereocenters. The van der Waals surface area contributed by atoms with Gasteiger partial charge in [0.2, 0.25) is 0 Å². The molecule has 0 fully saturated rings. The molecule has 1 aromatic heterocycles. The number of benzene rings is 1. The van der Waals surface area contributed by atoms with Crippen LogP contribution in [0.4, 0.5) is 0 Å². The van der Waals surface area contributed by atoms with Gasteiger partial charge in [0.05, 0.1) is 11.3 Å². The van der Waals surface area contributed by atoms with E-state index in [4.69, 9.17) is 4.52 Å². The maximum atomic E-state index is 9.76. The third-order valence-electron chi connectivity index (χ3n) is 2.71. The smallest absolute Gasteiger partial charge is 0.167 e. The zero-order valence-electron chi connectivity index (χ0n) is 11.6. The number of aromatic nitrogens is 1. The summed E-state index contributed by atoms with van der Waals surface area (Å²) in [4.78, 5) is 2.02. The molecule has 4 heteroatoms. The van der Waals surface area contributed by atoms with Crippen molar-refractivity contribution in [2.45, 2.75) is 26.0 Å². The van der Waals surface area contributed by atoms with Crippen molar-refractivity contribution in [3.63, 3.8) is 0 Å². The largest absolute Gasteiger partial charge is 0.389 e. The van der Waals surface area contributed by atoms with Crippen molar-refractivity contribution in [1.29, 1.82) is 0 Å². The Morgan fingerprint density at radius 1 is 1.26 bits per heavy atom. The van der Waals surface area contributed by atoms with Crippen LogP contribution in [0.3, 0.4) is 0 Å². The summed E-state index contributed by atoms with van der Waals surface area (Å²) in [6, 6.07) is 11.8. The second-order valence-electron chi connectivity index (χ2n) is 5.53. The van der Waals surface area contributed by atoms with Crippen LogP contribution < -0.4 is 0 Å². The summed E-state index contributed by atoms with van der Waals surface area (Å²) in [7, 11) is 1.95. The van der Waals surface area contributed by atoms with Gasteiger partial charge in [0.1, 0.15) is 0 Å². The van der Waals surface area contributed by atoms with E-state index in [1.807, 2.05) is 48.3 Å². The number of likely N-dealkylation sites (N-methyl/N-ethyl adjacent to an activating group) is 1. The van der Waals surface area contributed by atoms with Crippen molar-refractivity contribution in [2.75, 3.05) is 13.6 Å². The lowest BCUT2D eigenvalue weighted by molar-refractivity contribution is 0.0419. The fraction of sp³-hybridized carbons (Fsp3) is 0.400. The summed E-state index contributed by atoms with van der Waals surface area (Å²) in [5.74, 6) is 0.771. The predicted molar refractivity (Wildman–Crippen MR) is 74.6 cm³/mol. The van der Waals surface area contributed by atoms with Crippen LogP contribution in [-0.4, -0.2) is 34.4 Å². The molecule has 1 heterocycles. The lowest BCUT2D eigenvalue weighted by atomic mass is 10.1. The van der Waals surface area contributed by atoms with Crippen LogP contribution in [0.5, 0.6) is 0 Å². The third kappa shape index (κ3) is 4.19. The first kappa shape index (κ1) is 13.8. The van der Waals surface area contributed by atoms with E-state index in [0.717, 1.165) is 17.0 Å². The number of nitrogens with zero attached hydrogens (tertiary/aromatic N) is 2. The Hall–Kier alpha value is -1.65. The van der Waals surface area contributed by atoms with Crippen LogP contribution in [0, 0.1) is 0 Å². The molecule has 0 radical (unpaired) electrons. The normalized spacial score (nSPS) is 12.1. The monoisotopic (exact) mass is 260 g/mol. The van der Waals surface area contributed by atoms with Gasteiger partial charge < -0.3 is 9.63 Å². The lowest BCUT2D eigenvalue weighted by Crippen LogP contribution is -2.35. The number of rotatable bonds is 5. The molecule has 0 aliphatic rings. The third-order valence-corrected chi connectivity index (χ3v) is 2.71. The molecule has 1 N–H and O–H groups in total. The molecule has 102 valence electrons. The Bertz CT molecular complexity index is 514. The van der Waals surface area contributed by atoms with Crippen molar-refractivity contribution >= 4 is 0 Å². The minimum absolute atomic E-state index is 0.584. The second-order valence-corrected chi connectivity index (χ2v) is 5.53. The minimum Gasteiger partial charge on any atom is -0.389 e. The van der Waals surface area contributed by atoms with Crippen molar-refractivity contribution in [2.24, 2.45) is 0 Å². The van der Waals surface area contributed by atoms with E-state index in [0.29, 0.717) is 13.1 Å². The SMILES string of the molecule is CN(Cc1cc(-c2ccccc2)on1)CC(C)(C)O. The Morgan fingerprint density at radius 3 is 2.58 bits per heavy atom. The molecule has 0 unspecified atom stereocenters. The maximum absolute atomic E-state index is 9.76. The van der Waals surface area contributed by atoms with Crippen molar-refractivity contribution < 1.29 is 9.63 Å². The first-order valence-electron chi connectivity index (χ1n) is 6.36. The van der Waals surface area contributed by atoms with Gasteiger partial charge in [0.15, 0.2) is 5.76 Å². The Morgan fingerprint density at radius 2 is 1.95 bits per heavy atom. The van der Waals surface area contributed by atoms with Crippen LogP contribution >= 0.6 is 0 Å². The molecular formula is C15H20N2O2. The summed E-state index contributed by atoms with van der Waals surface area (Å²) in [6.45, 7) is 4.82. The molecular weight excluding hydrogens is 240 g/mol. The van der Waals surface area contributed by atoms with E-state index in [9.17, 15) is 5.11 Å². The first-order chi connectivity index (χ1) is 8.94. The molecule has 4 nitrogen and oxygen atoms in total. The molecule has 2 aromatic rings. The minimum atomic E-state index is -0.708. The van der Waals surface area contributed by atoms with Crippen molar-refractivity contribution in [1.82, 2.24) is 10.1 Å². The highest BCUT2D eigenvalue weighted by Gasteiger charge is 2.17. The topological polar surface area (TPSA) is 49.5 Å². The van der Waals surface area contributed by atoms with Crippen LogP contribution in [-0.2, 0) is 6.54 Å². The maximum Gasteiger partial charge on any atom is 0.167 e. The van der Waals surface area contributed by atoms with Gasteiger partial charge in [-0.15, -0.1) is 0 Å². The van der Waals surface area contributed by atoms with E-state index >= 15 is 0 Å². The summed E-state index contributed by atoms with van der Waals surface area (Å²) in [5, 5.41) is 13.8. The average molecular weight is 260 g/mol. The Kier molecular flexibility index (Phi) is 4.02. The standard InChI is InChI=1S/C15H20N2O2/c1-15(2,18)11-17(3)10-13-9-14(19-16-13)12-7-5-4-6-8-12/h4-9,18H,10-11H2,1-3H3. The molecule has 0 saturated heterocycles. The summed E-state index contributed by atoms with van der Waals surface area (Å²) >= 11 is 0. The summed E-state index contributed by atoms with van der Waals surface area (Å²) in [5.41, 5.74) is 1.18. The van der Waals surface area contributed by atoms with Crippen LogP contribution in [0.2, 0.25) is 0 Å². The number of hydrogen-bond acceptors (Lipinski definition) is 4. The van der Waals surface area contributed by atoms with E-state index in [1.54, 1.807) is 13.8 Å². The van der Waals surface area contributed by atoms with Gasteiger partial charge in [-0.25, -0.2) is 0 Å². The van der Waals surface area contributed by atoms with Crippen molar-refractivity contribution in [3.05, 3.63) is 42.1 Å². The van der Waals surface area contributed by atoms with Gasteiger partial charge >= 0.3 is 0 Å². The van der Waals surface area contributed by atoms with Crippen LogP contribution in [0.15, 0.2) is 40.9 Å². The van der Waals surface area contributed by atoms with Gasteiger partial charge in [-0.1, -0.05) is 35.5 Å². The number of aliphatic hydroxyl groups is 1. The molecule has 0 aliphatic heterocycles. The quantitative estimate of drug-likeness (QED) is 0.897. The van der Waals surface area contributed by atoms with Gasteiger partial charge in [0.25, 0.3) is 0 Å². The van der Waals surface area contributed by atoms with Gasteiger partial charge in [-0.3, -0.25) is 4.90 Å². The highest BCUT2D eigenvalue weighted by Crippen LogP contribution is 2.20. The molecule has 0 amide bonds. The molecule has 0 spiro atoms. The first-order valence-corrected chi connectivity index (χ1v) is 6.36. The van der Waals surface area contributed by atoms with Crippen LogP contribution in [0.25, 0.3) is 11.3 Å². The highest BCUT2D eigenvalue weighted by molar-refractivity contribution is 5.56. The van der Waals surface area contributed by atoms with E-state index < -0.39 is 5.60 Å². The van der Waals surface area contributed by atoms with E-state index in [-0.39, 0.29) is 0 Å². The summed E-state index contributed by atoms with van der Waals surface area (Å²) in [6.07, 6.45) is 0. The fourth-order valence-electron chi connectivity index (χ4n) is 2.12. The highest BCUT2D eigenvalue weighted by atomic mass is 16.5. The van der Waals surface area contributed by atoms with Gasteiger partial charge in [0, 0.05) is 24.7 Å². The van der Waals surface area contributed by atoms with Crippen LogP contribution in [0.1, 0.15) is 19.5 Å². The fourth-order valence-corrected chi connectivity index (χ4v) is 2.12. The Labute approximate surface area is 113 Å². The number of hydrogen-bond donors (Lipinski definition) is 1. The van der Waals surface area contributed by atoms with Crippen molar-refractivity contribution in [3.8, 4) is 11.3 Å². The molecule has 19 heavy (non-hydrogen) atoms. The Balaban J connectivity index is 2.02. The molecule has 2 rings (SSSR count).